The third kappa shape index (κ3) is 4.67. The van der Waals surface area contributed by atoms with E-state index in [-0.39, 0.29) is 5.92 Å². The highest BCUT2D eigenvalue weighted by atomic mass is 35.5. The molecule has 19 heavy (non-hydrogen) atoms. The molecule has 3 nitrogen and oxygen atoms in total. The summed E-state index contributed by atoms with van der Waals surface area (Å²) in [5.41, 5.74) is 1.83. The van der Waals surface area contributed by atoms with Crippen molar-refractivity contribution < 1.29 is 14.7 Å². The maximum absolute atomic E-state index is 10.4. The van der Waals surface area contributed by atoms with Gasteiger partial charge in [-0.05, 0) is 49.7 Å². The fourth-order valence-corrected chi connectivity index (χ4v) is 2.03. The Morgan fingerprint density at radius 1 is 1.32 bits per heavy atom. The summed E-state index contributed by atoms with van der Waals surface area (Å²) >= 11 is 6.02. The summed E-state index contributed by atoms with van der Waals surface area (Å²) in [6, 6.07) is 5.53. The van der Waals surface area contributed by atoms with Crippen molar-refractivity contribution in [3.8, 4) is 0 Å². The zero-order valence-electron chi connectivity index (χ0n) is 10.6. The minimum absolute atomic E-state index is 0.0185. The van der Waals surface area contributed by atoms with Gasteiger partial charge in [-0.15, -0.1) is 0 Å². The van der Waals surface area contributed by atoms with Gasteiger partial charge in [0.2, 0.25) is 0 Å². The van der Waals surface area contributed by atoms with Gasteiger partial charge in [-0.25, -0.2) is 0 Å². The highest BCUT2D eigenvalue weighted by Crippen LogP contribution is 2.34. The van der Waals surface area contributed by atoms with E-state index >= 15 is 0 Å². The normalized spacial score (nSPS) is 17.3. The summed E-state index contributed by atoms with van der Waals surface area (Å²) in [5.74, 6) is 0.222. The Bertz CT molecular complexity index is 476. The molecule has 1 aromatic carbocycles. The molecule has 0 amide bonds. The number of rotatable bonds is 4. The third-order valence-corrected chi connectivity index (χ3v) is 3.70. The van der Waals surface area contributed by atoms with Crippen molar-refractivity contribution >= 4 is 23.9 Å². The summed E-state index contributed by atoms with van der Waals surface area (Å²) in [7, 11) is 0. The van der Waals surface area contributed by atoms with E-state index in [0.717, 1.165) is 36.5 Å². The molecule has 2 aliphatic carbocycles. The maximum Gasteiger partial charge on any atom is 0.306 e. The molecule has 3 rings (SSSR count). The Morgan fingerprint density at radius 2 is 2.00 bits per heavy atom. The van der Waals surface area contributed by atoms with Crippen molar-refractivity contribution in [3.05, 3.63) is 34.3 Å². The number of halogens is 1. The molecule has 0 atom stereocenters. The van der Waals surface area contributed by atoms with E-state index < -0.39 is 5.97 Å². The lowest BCUT2D eigenvalue weighted by Crippen LogP contribution is -1.94. The number of hydrogen-bond donors (Lipinski definition) is 1. The van der Waals surface area contributed by atoms with E-state index in [1.54, 1.807) is 6.07 Å². The molecule has 0 radical (unpaired) electrons. The van der Waals surface area contributed by atoms with Crippen LogP contribution in [-0.2, 0) is 11.2 Å². The average Bonchev–Trinajstić information content (AvgIpc) is 3.26. The summed E-state index contributed by atoms with van der Waals surface area (Å²) in [6.45, 7) is 0. The Balaban J connectivity index is 0.000000186. The third-order valence-electron chi connectivity index (χ3n) is 3.35. The zero-order chi connectivity index (χ0) is 13.8. The van der Waals surface area contributed by atoms with Gasteiger partial charge in [-0.3, -0.25) is 9.59 Å². The smallest absolute Gasteiger partial charge is 0.306 e. The lowest BCUT2D eigenvalue weighted by Gasteiger charge is -2.02. The number of hydrogen-bond acceptors (Lipinski definition) is 2. The molecule has 1 N–H and O–H groups in total. The lowest BCUT2D eigenvalue weighted by molar-refractivity contribution is -0.138. The predicted octanol–water partition coefficient (Wildman–Crippen LogP) is 3.59. The number of carbonyl (C=O) groups excluding carboxylic acids is 1. The second kappa shape index (κ2) is 6.20. The second-order valence-electron chi connectivity index (χ2n) is 5.23. The van der Waals surface area contributed by atoms with Crippen molar-refractivity contribution in [3.63, 3.8) is 0 Å². The summed E-state index contributed by atoms with van der Waals surface area (Å²) in [5, 5.41) is 8.79. The van der Waals surface area contributed by atoms with Gasteiger partial charge in [0.1, 0.15) is 6.29 Å². The average molecular weight is 281 g/mol. The first kappa shape index (κ1) is 14.1. The van der Waals surface area contributed by atoms with Gasteiger partial charge in [0.05, 0.1) is 5.92 Å². The Hall–Kier alpha value is -1.35. The zero-order valence-corrected chi connectivity index (χ0v) is 11.4. The van der Waals surface area contributed by atoms with E-state index in [0.29, 0.717) is 5.56 Å². The number of carboxylic acid groups (broad SMARTS) is 1. The van der Waals surface area contributed by atoms with Gasteiger partial charge in [-0.1, -0.05) is 23.7 Å². The van der Waals surface area contributed by atoms with Gasteiger partial charge in [0.15, 0.2) is 0 Å². The molecule has 0 heterocycles. The molecular formula is C15H17ClO3. The van der Waals surface area contributed by atoms with Crippen LogP contribution in [0.1, 0.15) is 41.6 Å². The van der Waals surface area contributed by atoms with Crippen LogP contribution < -0.4 is 0 Å². The number of aliphatic carboxylic acids is 1. The van der Waals surface area contributed by atoms with Crippen molar-refractivity contribution in [2.24, 2.45) is 11.8 Å². The van der Waals surface area contributed by atoms with Crippen molar-refractivity contribution in [1.29, 1.82) is 0 Å². The highest BCUT2D eigenvalue weighted by Gasteiger charge is 2.28. The molecular weight excluding hydrogens is 264 g/mol. The number of aldehydes is 1. The fourth-order valence-electron chi connectivity index (χ4n) is 1.77. The topological polar surface area (TPSA) is 54.4 Å². The molecule has 4 heteroatoms. The van der Waals surface area contributed by atoms with E-state index in [9.17, 15) is 9.59 Å². The Kier molecular flexibility index (Phi) is 4.59. The number of carbonyl (C=O) groups is 2. The van der Waals surface area contributed by atoms with Gasteiger partial charge in [0, 0.05) is 10.6 Å². The molecule has 2 saturated carbocycles. The Labute approximate surface area is 117 Å². The molecule has 0 saturated heterocycles. The van der Waals surface area contributed by atoms with Crippen LogP contribution in [0.4, 0.5) is 0 Å². The first-order valence-electron chi connectivity index (χ1n) is 6.56. The molecule has 0 unspecified atom stereocenters. The SMILES string of the molecule is O=C(O)C1CC1.O=Cc1ccc(CC2CC2)c(Cl)c1. The molecule has 0 aliphatic heterocycles. The predicted molar refractivity (Wildman–Crippen MR) is 73.6 cm³/mol. The van der Waals surface area contributed by atoms with Crippen LogP contribution in [0.3, 0.4) is 0 Å². The first-order valence-corrected chi connectivity index (χ1v) is 6.94. The van der Waals surface area contributed by atoms with Crippen molar-refractivity contribution in [2.75, 3.05) is 0 Å². The maximum atomic E-state index is 10.4. The summed E-state index contributed by atoms with van der Waals surface area (Å²) in [6.07, 6.45) is 6.34. The van der Waals surface area contributed by atoms with Gasteiger partial charge < -0.3 is 5.11 Å². The quantitative estimate of drug-likeness (QED) is 0.858. The molecule has 102 valence electrons. The first-order chi connectivity index (χ1) is 9.10. The molecule has 1 aromatic rings. The van der Waals surface area contributed by atoms with Crippen LogP contribution >= 0.6 is 11.6 Å². The van der Waals surface area contributed by atoms with Crippen LogP contribution in [0, 0.1) is 11.8 Å². The monoisotopic (exact) mass is 280 g/mol. The fraction of sp³-hybridized carbons (Fsp3) is 0.467. The van der Waals surface area contributed by atoms with Crippen LogP contribution in [0.5, 0.6) is 0 Å². The van der Waals surface area contributed by atoms with Crippen LogP contribution in [0.2, 0.25) is 5.02 Å². The van der Waals surface area contributed by atoms with Crippen molar-refractivity contribution in [1.82, 2.24) is 0 Å². The van der Waals surface area contributed by atoms with Gasteiger partial charge in [-0.2, -0.15) is 0 Å². The molecule has 0 bridgehead atoms. The summed E-state index contributed by atoms with van der Waals surface area (Å²) < 4.78 is 0. The molecule has 2 fully saturated rings. The minimum Gasteiger partial charge on any atom is -0.481 e. The standard InChI is InChI=1S/C11H11ClO.C4H6O2/c12-11-6-9(7-13)3-4-10(11)5-8-1-2-8;5-4(6)3-1-2-3/h3-4,6-8H,1-2,5H2;3H,1-2H2,(H,5,6). The number of carboxylic acids is 1. The molecule has 0 aromatic heterocycles. The summed E-state index contributed by atoms with van der Waals surface area (Å²) in [4.78, 5) is 20.2. The Morgan fingerprint density at radius 3 is 2.37 bits per heavy atom. The largest absolute Gasteiger partial charge is 0.481 e. The van der Waals surface area contributed by atoms with Gasteiger partial charge >= 0.3 is 5.97 Å². The number of benzene rings is 1. The van der Waals surface area contributed by atoms with E-state index in [4.69, 9.17) is 16.7 Å². The van der Waals surface area contributed by atoms with E-state index in [1.807, 2.05) is 12.1 Å². The molecule has 0 spiro atoms. The van der Waals surface area contributed by atoms with Crippen LogP contribution in [-0.4, -0.2) is 17.4 Å². The van der Waals surface area contributed by atoms with Crippen LogP contribution in [0.15, 0.2) is 18.2 Å². The second-order valence-corrected chi connectivity index (χ2v) is 5.64. The van der Waals surface area contributed by atoms with E-state index in [2.05, 4.69) is 0 Å². The van der Waals surface area contributed by atoms with E-state index in [1.165, 1.54) is 18.4 Å². The van der Waals surface area contributed by atoms with Crippen molar-refractivity contribution in [2.45, 2.75) is 32.1 Å². The van der Waals surface area contributed by atoms with Crippen LogP contribution in [0.25, 0.3) is 0 Å². The van der Waals surface area contributed by atoms with Gasteiger partial charge in [0.25, 0.3) is 0 Å². The molecule has 2 aliphatic rings. The lowest BCUT2D eigenvalue weighted by atomic mass is 10.1. The highest BCUT2D eigenvalue weighted by molar-refractivity contribution is 6.31. The minimum atomic E-state index is -0.630.